The Bertz CT molecular complexity index is 689. The molecular formula is C15H13Cl3N2O. The Balaban J connectivity index is 2.19. The third kappa shape index (κ3) is 3.62. The van der Waals surface area contributed by atoms with Crippen LogP contribution in [0.15, 0.2) is 36.4 Å². The van der Waals surface area contributed by atoms with Gasteiger partial charge in [0, 0.05) is 13.6 Å². The first-order valence-electron chi connectivity index (χ1n) is 6.13. The van der Waals surface area contributed by atoms with Crippen molar-refractivity contribution in [3.05, 3.63) is 62.6 Å². The number of carbonyl (C=O) groups excluding carboxylic acids is 1. The van der Waals surface area contributed by atoms with Gasteiger partial charge in [-0.2, -0.15) is 0 Å². The fourth-order valence-corrected chi connectivity index (χ4v) is 2.41. The Kier molecular flexibility index (Phi) is 4.99. The van der Waals surface area contributed by atoms with Crippen molar-refractivity contribution in [1.82, 2.24) is 4.90 Å². The Morgan fingerprint density at radius 3 is 2.48 bits per heavy atom. The number of para-hydroxylation sites is 1. The number of rotatable bonds is 3. The lowest BCUT2D eigenvalue weighted by molar-refractivity contribution is 0.0786. The standard InChI is InChI=1S/C15H13Cl3N2O/c1-20(8-9-5-6-11(16)13(18)7-9)15(21)10-3-2-4-12(17)14(10)19/h2-7H,8,19H2,1H3. The largest absolute Gasteiger partial charge is 0.397 e. The molecule has 0 unspecified atom stereocenters. The zero-order chi connectivity index (χ0) is 15.6. The molecule has 0 heterocycles. The molecule has 0 saturated carbocycles. The molecule has 1 amide bonds. The van der Waals surface area contributed by atoms with E-state index in [1.54, 1.807) is 42.3 Å². The number of carbonyl (C=O) groups is 1. The minimum atomic E-state index is -0.207. The first-order valence-corrected chi connectivity index (χ1v) is 7.27. The summed E-state index contributed by atoms with van der Waals surface area (Å²) in [7, 11) is 1.69. The predicted octanol–water partition coefficient (Wildman–Crippen LogP) is 4.50. The normalized spacial score (nSPS) is 10.5. The second-order valence-electron chi connectivity index (χ2n) is 4.61. The predicted molar refractivity (Wildman–Crippen MR) is 88.1 cm³/mol. The Morgan fingerprint density at radius 1 is 1.10 bits per heavy atom. The van der Waals surface area contributed by atoms with Crippen molar-refractivity contribution in [1.29, 1.82) is 0 Å². The van der Waals surface area contributed by atoms with Gasteiger partial charge in [-0.15, -0.1) is 0 Å². The fourth-order valence-electron chi connectivity index (χ4n) is 1.91. The van der Waals surface area contributed by atoms with Crippen molar-refractivity contribution < 1.29 is 4.79 Å². The SMILES string of the molecule is CN(Cc1ccc(Cl)c(Cl)c1)C(=O)c1cccc(Cl)c1N. The molecule has 0 fully saturated rings. The smallest absolute Gasteiger partial charge is 0.256 e. The van der Waals surface area contributed by atoms with E-state index >= 15 is 0 Å². The first kappa shape index (κ1) is 16.0. The average Bonchev–Trinajstić information content (AvgIpc) is 2.45. The van der Waals surface area contributed by atoms with E-state index < -0.39 is 0 Å². The number of nitrogens with zero attached hydrogens (tertiary/aromatic N) is 1. The molecule has 0 atom stereocenters. The molecule has 0 aliphatic rings. The van der Waals surface area contributed by atoms with Gasteiger partial charge in [0.05, 0.1) is 26.3 Å². The molecule has 21 heavy (non-hydrogen) atoms. The summed E-state index contributed by atoms with van der Waals surface area (Å²) in [4.78, 5) is 13.9. The van der Waals surface area contributed by atoms with E-state index in [4.69, 9.17) is 40.5 Å². The van der Waals surface area contributed by atoms with Gasteiger partial charge in [-0.3, -0.25) is 4.79 Å². The maximum Gasteiger partial charge on any atom is 0.256 e. The van der Waals surface area contributed by atoms with Gasteiger partial charge in [0.25, 0.3) is 5.91 Å². The van der Waals surface area contributed by atoms with E-state index in [9.17, 15) is 4.79 Å². The molecule has 0 aromatic heterocycles. The summed E-state index contributed by atoms with van der Waals surface area (Å²) < 4.78 is 0. The van der Waals surface area contributed by atoms with Crippen molar-refractivity contribution in [2.45, 2.75) is 6.54 Å². The quantitative estimate of drug-likeness (QED) is 0.834. The van der Waals surface area contributed by atoms with E-state index in [2.05, 4.69) is 0 Å². The van der Waals surface area contributed by atoms with E-state index in [1.807, 2.05) is 6.07 Å². The molecule has 0 aliphatic heterocycles. The third-order valence-electron chi connectivity index (χ3n) is 3.03. The van der Waals surface area contributed by atoms with Crippen LogP contribution in [0.5, 0.6) is 0 Å². The van der Waals surface area contributed by atoms with Crippen molar-refractivity contribution in [2.75, 3.05) is 12.8 Å². The number of halogens is 3. The van der Waals surface area contributed by atoms with E-state index in [0.717, 1.165) is 5.56 Å². The molecule has 6 heteroatoms. The summed E-state index contributed by atoms with van der Waals surface area (Å²) >= 11 is 17.8. The monoisotopic (exact) mass is 342 g/mol. The van der Waals surface area contributed by atoms with Gasteiger partial charge in [-0.1, -0.05) is 46.9 Å². The lowest BCUT2D eigenvalue weighted by Gasteiger charge is -2.19. The first-order chi connectivity index (χ1) is 9.90. The van der Waals surface area contributed by atoms with Crippen LogP contribution in [-0.2, 0) is 6.54 Å². The summed E-state index contributed by atoms with van der Waals surface area (Å²) in [6.45, 7) is 0.391. The fraction of sp³-hybridized carbons (Fsp3) is 0.133. The molecule has 0 saturated heterocycles. The van der Waals surface area contributed by atoms with Gasteiger partial charge >= 0.3 is 0 Å². The van der Waals surface area contributed by atoms with Crippen molar-refractivity contribution in [3.63, 3.8) is 0 Å². The van der Waals surface area contributed by atoms with Crippen LogP contribution in [0.25, 0.3) is 0 Å². The molecule has 2 N–H and O–H groups in total. The Labute approximate surface area is 138 Å². The van der Waals surface area contributed by atoms with Gasteiger partial charge in [-0.25, -0.2) is 0 Å². The summed E-state index contributed by atoms with van der Waals surface area (Å²) in [5.41, 5.74) is 7.38. The number of nitrogens with two attached hydrogens (primary N) is 1. The van der Waals surface area contributed by atoms with Crippen LogP contribution >= 0.6 is 34.8 Å². The second kappa shape index (κ2) is 6.56. The van der Waals surface area contributed by atoms with Gasteiger partial charge in [0.15, 0.2) is 0 Å². The van der Waals surface area contributed by atoms with Crippen molar-refractivity contribution in [3.8, 4) is 0 Å². The summed E-state index contributed by atoms with van der Waals surface area (Å²) in [6.07, 6.45) is 0. The minimum Gasteiger partial charge on any atom is -0.397 e. The molecule has 0 bridgehead atoms. The van der Waals surface area contributed by atoms with Crippen LogP contribution in [0.2, 0.25) is 15.1 Å². The lowest BCUT2D eigenvalue weighted by Crippen LogP contribution is -2.27. The van der Waals surface area contributed by atoms with Crippen LogP contribution < -0.4 is 5.73 Å². The molecule has 110 valence electrons. The summed E-state index contributed by atoms with van der Waals surface area (Å²) in [6, 6.07) is 10.2. The number of nitrogen functional groups attached to an aromatic ring is 1. The zero-order valence-corrected chi connectivity index (χ0v) is 13.5. The maximum atomic E-state index is 12.4. The van der Waals surface area contributed by atoms with Gasteiger partial charge in [-0.05, 0) is 29.8 Å². The number of benzene rings is 2. The zero-order valence-electron chi connectivity index (χ0n) is 11.2. The maximum absolute atomic E-state index is 12.4. The Morgan fingerprint density at radius 2 is 1.81 bits per heavy atom. The number of anilines is 1. The molecule has 2 aromatic carbocycles. The van der Waals surface area contributed by atoms with E-state index in [-0.39, 0.29) is 11.6 Å². The summed E-state index contributed by atoms with van der Waals surface area (Å²) in [5, 5.41) is 1.30. The topological polar surface area (TPSA) is 46.3 Å². The number of hydrogen-bond donors (Lipinski definition) is 1. The van der Waals surface area contributed by atoms with Gasteiger partial charge in [0.1, 0.15) is 0 Å². The molecule has 0 spiro atoms. The number of hydrogen-bond acceptors (Lipinski definition) is 2. The average molecular weight is 344 g/mol. The summed E-state index contributed by atoms with van der Waals surface area (Å²) in [5.74, 6) is -0.207. The molecule has 2 aromatic rings. The van der Waals surface area contributed by atoms with Gasteiger partial charge < -0.3 is 10.6 Å². The van der Waals surface area contributed by atoms with Crippen LogP contribution in [0, 0.1) is 0 Å². The highest BCUT2D eigenvalue weighted by Crippen LogP contribution is 2.25. The molecular weight excluding hydrogens is 331 g/mol. The van der Waals surface area contributed by atoms with Crippen LogP contribution in [0.4, 0.5) is 5.69 Å². The highest BCUT2D eigenvalue weighted by atomic mass is 35.5. The van der Waals surface area contributed by atoms with Crippen molar-refractivity contribution >= 4 is 46.4 Å². The highest BCUT2D eigenvalue weighted by molar-refractivity contribution is 6.42. The van der Waals surface area contributed by atoms with Crippen molar-refractivity contribution in [2.24, 2.45) is 0 Å². The van der Waals surface area contributed by atoms with E-state index in [0.29, 0.717) is 27.2 Å². The van der Waals surface area contributed by atoms with E-state index in [1.165, 1.54) is 0 Å². The molecule has 0 aliphatic carbocycles. The number of amides is 1. The Hall–Kier alpha value is -1.42. The lowest BCUT2D eigenvalue weighted by atomic mass is 10.1. The van der Waals surface area contributed by atoms with Crippen LogP contribution in [-0.4, -0.2) is 17.9 Å². The highest BCUT2D eigenvalue weighted by Gasteiger charge is 2.16. The molecule has 0 radical (unpaired) electrons. The molecule has 2 rings (SSSR count). The molecule has 3 nitrogen and oxygen atoms in total. The minimum absolute atomic E-state index is 0.207. The van der Waals surface area contributed by atoms with Gasteiger partial charge in [0.2, 0.25) is 0 Å². The third-order valence-corrected chi connectivity index (χ3v) is 4.10. The second-order valence-corrected chi connectivity index (χ2v) is 5.83. The van der Waals surface area contributed by atoms with Crippen LogP contribution in [0.1, 0.15) is 15.9 Å². The van der Waals surface area contributed by atoms with Crippen LogP contribution in [0.3, 0.4) is 0 Å².